The smallest absolute Gasteiger partial charge is 0.354 e. The lowest BCUT2D eigenvalue weighted by atomic mass is 10.00. The van der Waals surface area contributed by atoms with E-state index in [9.17, 15) is 9.67 Å². The first-order valence-corrected chi connectivity index (χ1v) is 10.3. The van der Waals surface area contributed by atoms with E-state index in [1.54, 1.807) is 5.82 Å². The largest absolute Gasteiger partial charge is 0.390 e. The SMILES string of the molecule is CC(C)OP(=O)(/C=C/[C@@]12C[C@@H]1[C@H](O)[C@@H]1OC(C)(C)O[C@@H]12)OC(C)C. The fourth-order valence-electron chi connectivity index (χ4n) is 3.97. The maximum atomic E-state index is 13.0. The van der Waals surface area contributed by atoms with Crippen LogP contribution in [0.3, 0.4) is 0 Å². The Morgan fingerprint density at radius 1 is 1.17 bits per heavy atom. The van der Waals surface area contributed by atoms with Crippen molar-refractivity contribution in [3.05, 3.63) is 11.9 Å². The van der Waals surface area contributed by atoms with E-state index in [1.807, 2.05) is 47.6 Å². The van der Waals surface area contributed by atoms with Gasteiger partial charge in [0.25, 0.3) is 0 Å². The van der Waals surface area contributed by atoms with Crippen molar-refractivity contribution in [3.8, 4) is 0 Å². The normalized spacial score (nSPS) is 40.5. The van der Waals surface area contributed by atoms with Crippen molar-refractivity contribution >= 4 is 7.60 Å². The van der Waals surface area contributed by atoms with Gasteiger partial charge in [0.05, 0.1) is 24.4 Å². The van der Waals surface area contributed by atoms with Crippen LogP contribution in [-0.4, -0.2) is 41.4 Å². The summed E-state index contributed by atoms with van der Waals surface area (Å²) in [6, 6.07) is 0. The van der Waals surface area contributed by atoms with Gasteiger partial charge in [-0.25, -0.2) is 0 Å². The second kappa shape index (κ2) is 5.90. The Morgan fingerprint density at radius 2 is 1.75 bits per heavy atom. The van der Waals surface area contributed by atoms with Gasteiger partial charge in [0, 0.05) is 17.2 Å². The van der Waals surface area contributed by atoms with Crippen molar-refractivity contribution in [1.82, 2.24) is 0 Å². The van der Waals surface area contributed by atoms with Crippen LogP contribution in [0.2, 0.25) is 0 Å². The zero-order chi connectivity index (χ0) is 17.9. The number of fused-ring (bicyclic) bond motifs is 3. The van der Waals surface area contributed by atoms with Crippen molar-refractivity contribution in [3.63, 3.8) is 0 Å². The van der Waals surface area contributed by atoms with Gasteiger partial charge in [-0.15, -0.1) is 0 Å². The van der Waals surface area contributed by atoms with Crippen molar-refractivity contribution in [2.24, 2.45) is 11.3 Å². The van der Waals surface area contributed by atoms with Crippen LogP contribution in [0.15, 0.2) is 11.9 Å². The molecule has 0 aromatic carbocycles. The molecule has 5 atom stereocenters. The number of hydrogen-bond acceptors (Lipinski definition) is 6. The van der Waals surface area contributed by atoms with Crippen LogP contribution in [0, 0.1) is 11.3 Å². The maximum absolute atomic E-state index is 13.0. The van der Waals surface area contributed by atoms with E-state index in [-0.39, 0.29) is 35.7 Å². The summed E-state index contributed by atoms with van der Waals surface area (Å²) < 4.78 is 36.0. The van der Waals surface area contributed by atoms with E-state index < -0.39 is 19.5 Å². The van der Waals surface area contributed by atoms with Crippen LogP contribution >= 0.6 is 7.60 Å². The average molecular weight is 360 g/mol. The summed E-state index contributed by atoms with van der Waals surface area (Å²) in [7, 11) is -3.35. The minimum atomic E-state index is -3.35. The summed E-state index contributed by atoms with van der Waals surface area (Å²) in [5.41, 5.74) is -0.339. The maximum Gasteiger partial charge on any atom is 0.354 e. The van der Waals surface area contributed by atoms with E-state index in [1.165, 1.54) is 0 Å². The Balaban J connectivity index is 1.82. The molecule has 1 heterocycles. The van der Waals surface area contributed by atoms with Crippen LogP contribution in [0.5, 0.6) is 0 Å². The van der Waals surface area contributed by atoms with Crippen LogP contribution < -0.4 is 0 Å². The molecule has 0 bridgehead atoms. The molecule has 2 saturated carbocycles. The molecular formula is C17H29O6P. The third-order valence-corrected chi connectivity index (χ3v) is 6.74. The lowest BCUT2D eigenvalue weighted by molar-refractivity contribution is -0.165. The molecule has 7 heteroatoms. The van der Waals surface area contributed by atoms with Crippen LogP contribution in [0.4, 0.5) is 0 Å². The number of ether oxygens (including phenoxy) is 2. The minimum Gasteiger partial charge on any atom is -0.390 e. The molecule has 0 radical (unpaired) electrons. The Kier molecular flexibility index (Phi) is 4.56. The second-order valence-corrected chi connectivity index (χ2v) is 9.90. The molecule has 0 aromatic heterocycles. The lowest BCUT2D eigenvalue weighted by Crippen LogP contribution is -2.32. The van der Waals surface area contributed by atoms with Crippen molar-refractivity contribution in [1.29, 1.82) is 0 Å². The Morgan fingerprint density at radius 3 is 2.29 bits per heavy atom. The Bertz CT molecular complexity index is 557. The molecule has 3 fully saturated rings. The second-order valence-electron chi connectivity index (χ2n) is 8.10. The first kappa shape index (κ1) is 18.6. The summed E-state index contributed by atoms with van der Waals surface area (Å²) in [4.78, 5) is 0. The third-order valence-electron chi connectivity index (χ3n) is 4.79. The van der Waals surface area contributed by atoms with Gasteiger partial charge in [-0.05, 0) is 48.0 Å². The highest BCUT2D eigenvalue weighted by Gasteiger charge is 2.74. The molecule has 0 aromatic rings. The number of aliphatic hydroxyl groups is 1. The van der Waals surface area contributed by atoms with Gasteiger partial charge in [-0.1, -0.05) is 6.08 Å². The zero-order valence-electron chi connectivity index (χ0n) is 15.3. The molecule has 138 valence electrons. The molecule has 0 amide bonds. The highest BCUT2D eigenvalue weighted by atomic mass is 31.2. The van der Waals surface area contributed by atoms with Crippen molar-refractivity contribution < 1.29 is 28.2 Å². The van der Waals surface area contributed by atoms with E-state index >= 15 is 0 Å². The lowest BCUT2D eigenvalue weighted by Gasteiger charge is -2.23. The topological polar surface area (TPSA) is 74.2 Å². The van der Waals surface area contributed by atoms with Gasteiger partial charge in [-0.3, -0.25) is 4.57 Å². The number of rotatable bonds is 6. The van der Waals surface area contributed by atoms with Gasteiger partial charge in [0.1, 0.15) is 6.10 Å². The van der Waals surface area contributed by atoms with Crippen LogP contribution in [0.25, 0.3) is 0 Å². The molecule has 0 spiro atoms. The quantitative estimate of drug-likeness (QED) is 0.732. The highest BCUT2D eigenvalue weighted by Crippen LogP contribution is 2.69. The zero-order valence-corrected chi connectivity index (χ0v) is 16.2. The first-order valence-electron chi connectivity index (χ1n) is 8.69. The highest BCUT2D eigenvalue weighted by molar-refractivity contribution is 7.57. The van der Waals surface area contributed by atoms with Gasteiger partial charge >= 0.3 is 7.60 Å². The first-order chi connectivity index (χ1) is 11.0. The molecule has 6 nitrogen and oxygen atoms in total. The van der Waals surface area contributed by atoms with E-state index in [4.69, 9.17) is 18.5 Å². The van der Waals surface area contributed by atoms with Crippen molar-refractivity contribution in [2.75, 3.05) is 0 Å². The molecule has 2 aliphatic carbocycles. The fourth-order valence-corrected chi connectivity index (χ4v) is 5.80. The summed E-state index contributed by atoms with van der Waals surface area (Å²) in [5, 5.41) is 10.5. The Hall–Kier alpha value is -0.230. The number of hydrogen-bond donors (Lipinski definition) is 1. The van der Waals surface area contributed by atoms with Crippen LogP contribution in [0.1, 0.15) is 48.0 Å². The molecule has 1 saturated heterocycles. The molecular weight excluding hydrogens is 331 g/mol. The minimum absolute atomic E-state index is 0.0754. The monoisotopic (exact) mass is 360 g/mol. The standard InChI is InChI=1S/C17H29O6P/c1-10(2)22-24(19,23-11(3)4)8-7-17-9-12(17)13(18)14-15(17)21-16(5,6)20-14/h7-8,10-15,18H,9H2,1-6H3/b8-7+/t12-,13+,14+,15+,17-/m1/s1. The fraction of sp³-hybridized carbons (Fsp3) is 0.882. The molecule has 3 aliphatic rings. The molecule has 0 unspecified atom stereocenters. The molecule has 3 rings (SSSR count). The average Bonchev–Trinajstić information content (AvgIpc) is 2.98. The van der Waals surface area contributed by atoms with E-state index in [0.717, 1.165) is 6.42 Å². The predicted octanol–water partition coefficient (Wildman–Crippen LogP) is 3.44. The third kappa shape index (κ3) is 3.25. The molecule has 24 heavy (non-hydrogen) atoms. The molecule has 1 aliphatic heterocycles. The van der Waals surface area contributed by atoms with Crippen molar-refractivity contribution in [2.45, 2.75) is 84.3 Å². The van der Waals surface area contributed by atoms with Crippen LogP contribution in [-0.2, 0) is 23.1 Å². The predicted molar refractivity (Wildman–Crippen MR) is 89.6 cm³/mol. The Labute approximate surface area is 144 Å². The van der Waals surface area contributed by atoms with Gasteiger partial charge in [0.2, 0.25) is 0 Å². The van der Waals surface area contributed by atoms with Gasteiger partial charge in [0.15, 0.2) is 5.79 Å². The number of aliphatic hydroxyl groups excluding tert-OH is 1. The molecule has 1 N–H and O–H groups in total. The van der Waals surface area contributed by atoms with Gasteiger partial charge in [-0.2, -0.15) is 0 Å². The summed E-state index contributed by atoms with van der Waals surface area (Å²) in [6.45, 7) is 11.0. The van der Waals surface area contributed by atoms with E-state index in [0.29, 0.717) is 0 Å². The van der Waals surface area contributed by atoms with Gasteiger partial charge < -0.3 is 23.6 Å². The summed E-state index contributed by atoms with van der Waals surface area (Å²) in [5.74, 6) is 0.917. The summed E-state index contributed by atoms with van der Waals surface area (Å²) >= 11 is 0. The van der Waals surface area contributed by atoms with E-state index in [2.05, 4.69) is 0 Å². The summed E-state index contributed by atoms with van der Waals surface area (Å²) in [6.07, 6.45) is 1.14.